The molecule has 0 fully saturated rings. The van der Waals surface area contributed by atoms with Crippen molar-refractivity contribution >= 4 is 45.3 Å². The molecule has 0 aliphatic carbocycles. The van der Waals surface area contributed by atoms with Crippen molar-refractivity contribution in [2.24, 2.45) is 11.5 Å². The smallest absolute Gasteiger partial charge is 0.326 e. The molecule has 246 valence electrons. The average molecular weight is 635 g/mol. The highest BCUT2D eigenvalue weighted by Gasteiger charge is 2.21. The summed E-state index contributed by atoms with van der Waals surface area (Å²) in [6.45, 7) is 1.49. The van der Waals surface area contributed by atoms with E-state index in [-0.39, 0.29) is 24.7 Å². The Labute approximate surface area is 261 Å². The number of nitrogens with one attached hydrogen (secondary N) is 2. The van der Waals surface area contributed by atoms with Crippen LogP contribution in [-0.2, 0) is 19.2 Å². The molecule has 2 unspecified atom stereocenters. The molecule has 0 rings (SSSR count). The van der Waals surface area contributed by atoms with Crippen molar-refractivity contribution in [3.05, 3.63) is 0 Å². The van der Waals surface area contributed by atoms with Gasteiger partial charge in [0.25, 0.3) is 0 Å². The molecule has 0 heterocycles. The van der Waals surface area contributed by atoms with Crippen LogP contribution in [0.1, 0.15) is 128 Å². The quantitative estimate of drug-likeness (QED) is 0.0436. The van der Waals surface area contributed by atoms with Crippen LogP contribution in [0, 0.1) is 0 Å². The van der Waals surface area contributed by atoms with Gasteiger partial charge in [-0.1, -0.05) is 98.6 Å². The van der Waals surface area contributed by atoms with Gasteiger partial charge in [0.1, 0.15) is 12.1 Å². The Hall–Kier alpha value is -1.50. The molecule has 0 aromatic carbocycles. The first-order chi connectivity index (χ1) is 20.3. The van der Waals surface area contributed by atoms with Gasteiger partial charge in [-0.05, 0) is 51.6 Å². The van der Waals surface area contributed by atoms with Crippen LogP contribution in [0.2, 0.25) is 0 Å². The fourth-order valence-corrected chi connectivity index (χ4v) is 6.66. The molecule has 42 heavy (non-hydrogen) atoms. The number of hydrogen-bond acceptors (Lipinski definition) is 8. The molecule has 2 amide bonds. The SMILES string of the molecule is NCCCCCCCCCCC(=O)NC(CCSSCCC(NC(=O)CCCCCCCCCCN)C(=O)O)C(=O)O. The Kier molecular flexibility index (Phi) is 28.5. The van der Waals surface area contributed by atoms with Crippen LogP contribution >= 0.6 is 21.6 Å². The van der Waals surface area contributed by atoms with Crippen molar-refractivity contribution in [3.63, 3.8) is 0 Å². The second kappa shape index (κ2) is 29.6. The van der Waals surface area contributed by atoms with E-state index in [4.69, 9.17) is 11.5 Å². The van der Waals surface area contributed by atoms with Crippen LogP contribution < -0.4 is 22.1 Å². The van der Waals surface area contributed by atoms with Crippen LogP contribution in [0.3, 0.4) is 0 Å². The molecule has 8 N–H and O–H groups in total. The van der Waals surface area contributed by atoms with Crippen LogP contribution in [0.5, 0.6) is 0 Å². The van der Waals surface area contributed by atoms with Crippen LogP contribution in [-0.4, -0.2) is 70.6 Å². The largest absolute Gasteiger partial charge is 0.480 e. The molecule has 0 bridgehead atoms. The molecule has 0 aromatic rings. The third-order valence-electron chi connectivity index (χ3n) is 7.05. The lowest BCUT2D eigenvalue weighted by atomic mass is 10.1. The van der Waals surface area contributed by atoms with E-state index in [0.29, 0.717) is 24.3 Å². The maximum Gasteiger partial charge on any atom is 0.326 e. The molecule has 0 aromatic heterocycles. The number of unbranched alkanes of at least 4 members (excludes halogenated alkanes) is 14. The number of hydrogen-bond donors (Lipinski definition) is 6. The van der Waals surface area contributed by atoms with E-state index in [1.165, 1.54) is 60.1 Å². The monoisotopic (exact) mass is 634 g/mol. The molecule has 0 spiro atoms. The van der Waals surface area contributed by atoms with E-state index in [2.05, 4.69) is 10.6 Å². The van der Waals surface area contributed by atoms with Crippen LogP contribution in [0.25, 0.3) is 0 Å². The molecule has 0 saturated carbocycles. The lowest BCUT2D eigenvalue weighted by Crippen LogP contribution is -2.41. The number of amides is 2. The highest BCUT2D eigenvalue weighted by Crippen LogP contribution is 2.24. The number of carboxylic acid groups (broad SMARTS) is 2. The highest BCUT2D eigenvalue weighted by atomic mass is 33.1. The first-order valence-electron chi connectivity index (χ1n) is 16.0. The van der Waals surface area contributed by atoms with Crippen molar-refractivity contribution < 1.29 is 29.4 Å². The third-order valence-corrected chi connectivity index (χ3v) is 9.52. The molecule has 2 atom stereocenters. The molecule has 0 aliphatic heterocycles. The first kappa shape index (κ1) is 40.5. The second-order valence-electron chi connectivity index (χ2n) is 10.9. The molecule has 12 heteroatoms. The summed E-state index contributed by atoms with van der Waals surface area (Å²) in [5.74, 6) is -1.57. The fourth-order valence-electron chi connectivity index (χ4n) is 4.48. The van der Waals surface area contributed by atoms with E-state index in [1.807, 2.05) is 0 Å². The van der Waals surface area contributed by atoms with Crippen LogP contribution in [0.4, 0.5) is 0 Å². The minimum Gasteiger partial charge on any atom is -0.480 e. The summed E-state index contributed by atoms with van der Waals surface area (Å²) in [4.78, 5) is 47.5. The topological polar surface area (TPSA) is 185 Å². The molecule has 0 aliphatic rings. The van der Waals surface area contributed by atoms with Crippen molar-refractivity contribution in [1.29, 1.82) is 0 Å². The van der Waals surface area contributed by atoms with E-state index < -0.39 is 24.0 Å². The van der Waals surface area contributed by atoms with Crippen LogP contribution in [0.15, 0.2) is 0 Å². The van der Waals surface area contributed by atoms with Gasteiger partial charge in [-0.25, -0.2) is 9.59 Å². The zero-order valence-electron chi connectivity index (χ0n) is 25.6. The summed E-state index contributed by atoms with van der Waals surface area (Å²) in [5, 5.41) is 24.2. The number of rotatable bonds is 31. The third kappa shape index (κ3) is 26.2. The normalized spacial score (nSPS) is 12.5. The van der Waals surface area contributed by atoms with E-state index in [0.717, 1.165) is 77.3 Å². The van der Waals surface area contributed by atoms with Gasteiger partial charge in [-0.15, -0.1) is 0 Å². The second-order valence-corrected chi connectivity index (χ2v) is 13.6. The maximum absolute atomic E-state index is 12.2. The van der Waals surface area contributed by atoms with Gasteiger partial charge in [0, 0.05) is 24.3 Å². The van der Waals surface area contributed by atoms with Gasteiger partial charge in [-0.2, -0.15) is 0 Å². The fraction of sp³-hybridized carbons (Fsp3) is 0.867. The summed E-state index contributed by atoms with van der Waals surface area (Å²) in [6.07, 6.45) is 18.4. The number of carbonyl (C=O) groups is 4. The van der Waals surface area contributed by atoms with Crippen molar-refractivity contribution in [3.8, 4) is 0 Å². The average Bonchev–Trinajstić information content (AvgIpc) is 2.95. The lowest BCUT2D eigenvalue weighted by Gasteiger charge is -2.15. The Bertz CT molecular complexity index is 659. The summed E-state index contributed by atoms with van der Waals surface area (Å²) in [7, 11) is 2.89. The number of carboxylic acids is 2. The summed E-state index contributed by atoms with van der Waals surface area (Å²) >= 11 is 0. The van der Waals surface area contributed by atoms with Gasteiger partial charge in [0.15, 0.2) is 0 Å². The van der Waals surface area contributed by atoms with Gasteiger partial charge in [0.2, 0.25) is 11.8 Å². The van der Waals surface area contributed by atoms with Gasteiger partial charge in [0.05, 0.1) is 0 Å². The summed E-state index contributed by atoms with van der Waals surface area (Å²) < 4.78 is 0. The number of carbonyl (C=O) groups excluding carboxylic acids is 2. The Morgan fingerprint density at radius 3 is 1.07 bits per heavy atom. The first-order valence-corrected chi connectivity index (χ1v) is 18.5. The molecule has 0 radical (unpaired) electrons. The van der Waals surface area contributed by atoms with E-state index in [9.17, 15) is 29.4 Å². The molecule has 10 nitrogen and oxygen atoms in total. The molecular weight excluding hydrogens is 576 g/mol. The zero-order chi connectivity index (χ0) is 31.3. The number of nitrogens with two attached hydrogens (primary N) is 2. The highest BCUT2D eigenvalue weighted by molar-refractivity contribution is 8.76. The van der Waals surface area contributed by atoms with E-state index >= 15 is 0 Å². The number of aliphatic carboxylic acids is 2. The Morgan fingerprint density at radius 1 is 0.500 bits per heavy atom. The van der Waals surface area contributed by atoms with Gasteiger partial charge >= 0.3 is 11.9 Å². The van der Waals surface area contributed by atoms with E-state index in [1.54, 1.807) is 0 Å². The van der Waals surface area contributed by atoms with Gasteiger partial charge in [-0.3, -0.25) is 9.59 Å². The maximum atomic E-state index is 12.2. The van der Waals surface area contributed by atoms with Crippen molar-refractivity contribution in [1.82, 2.24) is 10.6 Å². The standard InChI is InChI=1S/C30H58N4O6S2/c31-21-15-11-7-3-1-5-9-13-17-27(35)33-25(29(37)38)19-23-41-42-24-20-26(30(39)40)34-28(36)18-14-10-6-2-4-8-12-16-22-32/h25-26H,1-24,31-32H2,(H,33,35)(H,34,36)(H,37,38)(H,39,40). The predicted molar refractivity (Wildman–Crippen MR) is 174 cm³/mol. The Morgan fingerprint density at radius 2 is 0.786 bits per heavy atom. The summed E-state index contributed by atoms with van der Waals surface area (Å²) in [6, 6.07) is -1.87. The minimum absolute atomic E-state index is 0.235. The lowest BCUT2D eigenvalue weighted by molar-refractivity contribution is -0.142. The minimum atomic E-state index is -1.05. The van der Waals surface area contributed by atoms with Crippen molar-refractivity contribution in [2.45, 2.75) is 141 Å². The van der Waals surface area contributed by atoms with Crippen molar-refractivity contribution in [2.75, 3.05) is 24.6 Å². The molecular formula is C30H58N4O6S2. The van der Waals surface area contributed by atoms with Gasteiger partial charge < -0.3 is 32.3 Å². The molecule has 0 saturated heterocycles. The Balaban J connectivity index is 3.98. The summed E-state index contributed by atoms with van der Waals surface area (Å²) in [5.41, 5.74) is 11.0. The predicted octanol–water partition coefficient (Wildman–Crippen LogP) is 5.23. The zero-order valence-corrected chi connectivity index (χ0v) is 27.3.